The van der Waals surface area contributed by atoms with Crippen molar-refractivity contribution in [1.82, 2.24) is 10.3 Å². The maximum absolute atomic E-state index is 13.0. The number of hydrogen-bond donors (Lipinski definition) is 1. The first-order valence-corrected chi connectivity index (χ1v) is 9.35. The second-order valence-corrected chi connectivity index (χ2v) is 8.11. The van der Waals surface area contributed by atoms with Gasteiger partial charge in [-0.15, -0.1) is 0 Å². The summed E-state index contributed by atoms with van der Waals surface area (Å²) in [6, 6.07) is 10.3. The maximum atomic E-state index is 13.0. The molecule has 5 nitrogen and oxygen atoms in total. The highest BCUT2D eigenvalue weighted by Crippen LogP contribution is 2.29. The van der Waals surface area contributed by atoms with E-state index in [4.69, 9.17) is 0 Å². The number of amides is 1. The first-order chi connectivity index (χ1) is 11.3. The summed E-state index contributed by atoms with van der Waals surface area (Å²) in [5, 5.41) is 1.73. The zero-order valence-electron chi connectivity index (χ0n) is 14.1. The van der Waals surface area contributed by atoms with Crippen LogP contribution in [-0.2, 0) is 14.6 Å². The summed E-state index contributed by atoms with van der Waals surface area (Å²) in [7, 11) is -3.65. The lowest BCUT2D eigenvalue weighted by atomic mass is 10.0. The van der Waals surface area contributed by atoms with Gasteiger partial charge in [-0.1, -0.05) is 32.0 Å². The highest BCUT2D eigenvalue weighted by Gasteiger charge is 2.29. The molecule has 0 aliphatic heterocycles. The van der Waals surface area contributed by atoms with Crippen LogP contribution in [0.15, 0.2) is 53.7 Å². The van der Waals surface area contributed by atoms with Gasteiger partial charge in [-0.3, -0.25) is 9.78 Å². The molecule has 0 saturated carbocycles. The van der Waals surface area contributed by atoms with Crippen LogP contribution in [-0.4, -0.2) is 25.9 Å². The number of pyridine rings is 1. The molecule has 0 fully saturated rings. The number of rotatable bonds is 6. The maximum Gasteiger partial charge on any atom is 0.216 e. The van der Waals surface area contributed by atoms with Gasteiger partial charge < -0.3 is 5.32 Å². The summed E-state index contributed by atoms with van der Waals surface area (Å²) in [4.78, 5) is 15.5. The summed E-state index contributed by atoms with van der Waals surface area (Å²) in [5.41, 5.74) is 1.63. The Labute approximate surface area is 143 Å². The highest BCUT2D eigenvalue weighted by atomic mass is 32.2. The summed E-state index contributed by atoms with van der Waals surface area (Å²) in [6.45, 7) is 5.48. The summed E-state index contributed by atoms with van der Waals surface area (Å²) in [6.07, 6.45) is 3.11. The van der Waals surface area contributed by atoms with Gasteiger partial charge in [0, 0.05) is 25.9 Å². The summed E-state index contributed by atoms with van der Waals surface area (Å²) < 4.78 is 26.1. The molecular formula is C18H22N2O3S. The van der Waals surface area contributed by atoms with Crippen LogP contribution in [0.3, 0.4) is 0 Å². The van der Waals surface area contributed by atoms with Crippen molar-refractivity contribution in [2.45, 2.75) is 36.8 Å². The van der Waals surface area contributed by atoms with Crippen molar-refractivity contribution in [3.8, 4) is 0 Å². The van der Waals surface area contributed by atoms with E-state index in [0.29, 0.717) is 11.5 Å². The van der Waals surface area contributed by atoms with Crippen molar-refractivity contribution in [3.63, 3.8) is 0 Å². The number of benzene rings is 1. The van der Waals surface area contributed by atoms with Crippen LogP contribution in [0.4, 0.5) is 0 Å². The van der Waals surface area contributed by atoms with E-state index >= 15 is 0 Å². The van der Waals surface area contributed by atoms with Gasteiger partial charge in [-0.25, -0.2) is 8.42 Å². The summed E-state index contributed by atoms with van der Waals surface area (Å²) in [5.74, 6) is 0.0597. The van der Waals surface area contributed by atoms with Crippen LogP contribution in [0.1, 0.15) is 43.1 Å². The van der Waals surface area contributed by atoms with E-state index in [9.17, 15) is 13.2 Å². The lowest BCUT2D eigenvalue weighted by Gasteiger charge is -2.18. The van der Waals surface area contributed by atoms with E-state index in [2.05, 4.69) is 24.1 Å². The minimum absolute atomic E-state index is 0.00922. The van der Waals surface area contributed by atoms with Gasteiger partial charge in [-0.05, 0) is 35.2 Å². The molecule has 1 N–H and O–H groups in total. The van der Waals surface area contributed by atoms with Gasteiger partial charge in [0.1, 0.15) is 5.25 Å². The van der Waals surface area contributed by atoms with Crippen LogP contribution in [0.25, 0.3) is 0 Å². The number of aromatic nitrogens is 1. The summed E-state index contributed by atoms with van der Waals surface area (Å²) >= 11 is 0. The third kappa shape index (κ3) is 4.20. The van der Waals surface area contributed by atoms with E-state index in [0.717, 1.165) is 5.56 Å². The Kier molecular flexibility index (Phi) is 5.72. The molecule has 24 heavy (non-hydrogen) atoms. The lowest BCUT2D eigenvalue weighted by molar-refractivity contribution is -0.118. The smallest absolute Gasteiger partial charge is 0.216 e. The number of nitrogens with zero attached hydrogens (tertiary/aromatic N) is 1. The van der Waals surface area contributed by atoms with Crippen LogP contribution < -0.4 is 5.32 Å². The van der Waals surface area contributed by atoms with Crippen LogP contribution in [0, 0.1) is 0 Å². The standard InChI is InChI=1S/C18H22N2O3S/c1-13(2)15-6-8-17(9-7-15)24(22,23)18(12-20-14(3)21)16-5-4-10-19-11-16/h4-11,13,18H,12H2,1-3H3,(H,20,21)/t18-/m1/s1. The second kappa shape index (κ2) is 7.57. The predicted molar refractivity (Wildman–Crippen MR) is 93.4 cm³/mol. The van der Waals surface area contributed by atoms with Crippen LogP contribution in [0.2, 0.25) is 0 Å². The monoisotopic (exact) mass is 346 g/mol. The Morgan fingerprint density at radius 3 is 2.29 bits per heavy atom. The number of sulfone groups is 1. The Hall–Kier alpha value is -2.21. The molecule has 0 spiro atoms. The third-order valence-corrected chi connectivity index (χ3v) is 5.96. The van der Waals surface area contributed by atoms with Crippen molar-refractivity contribution in [3.05, 3.63) is 59.9 Å². The SMILES string of the molecule is CC(=O)NC[C@H](c1cccnc1)S(=O)(=O)c1ccc(C(C)C)cc1. The van der Waals surface area contributed by atoms with Gasteiger partial charge in [-0.2, -0.15) is 0 Å². The molecule has 0 radical (unpaired) electrons. The van der Waals surface area contributed by atoms with Crippen LogP contribution in [0.5, 0.6) is 0 Å². The average molecular weight is 346 g/mol. The molecule has 0 saturated heterocycles. The molecule has 1 atom stereocenters. The highest BCUT2D eigenvalue weighted by molar-refractivity contribution is 7.91. The average Bonchev–Trinajstić information content (AvgIpc) is 2.55. The van der Waals surface area contributed by atoms with Gasteiger partial charge in [0.2, 0.25) is 5.91 Å². The van der Waals surface area contributed by atoms with Crippen molar-refractivity contribution >= 4 is 15.7 Å². The Bertz CT molecular complexity index is 785. The molecule has 0 aliphatic rings. The molecule has 1 heterocycles. The Morgan fingerprint density at radius 1 is 1.12 bits per heavy atom. The third-order valence-electron chi connectivity index (χ3n) is 3.84. The quantitative estimate of drug-likeness (QED) is 0.872. The first-order valence-electron chi connectivity index (χ1n) is 7.80. The number of hydrogen-bond acceptors (Lipinski definition) is 4. The van der Waals surface area contributed by atoms with Gasteiger partial charge >= 0.3 is 0 Å². The van der Waals surface area contributed by atoms with E-state index < -0.39 is 15.1 Å². The van der Waals surface area contributed by atoms with Gasteiger partial charge in [0.15, 0.2) is 9.84 Å². The van der Waals surface area contributed by atoms with Crippen molar-refractivity contribution in [2.24, 2.45) is 0 Å². The fourth-order valence-corrected chi connectivity index (χ4v) is 4.06. The van der Waals surface area contributed by atoms with Crippen LogP contribution >= 0.6 is 0 Å². The molecular weight excluding hydrogens is 324 g/mol. The minimum Gasteiger partial charge on any atom is -0.355 e. The fraction of sp³-hybridized carbons (Fsp3) is 0.333. The van der Waals surface area contributed by atoms with Crippen molar-refractivity contribution in [2.75, 3.05) is 6.54 Å². The largest absolute Gasteiger partial charge is 0.355 e. The number of nitrogens with one attached hydrogen (secondary N) is 1. The zero-order valence-corrected chi connectivity index (χ0v) is 14.9. The lowest BCUT2D eigenvalue weighted by Crippen LogP contribution is -2.30. The second-order valence-electron chi connectivity index (χ2n) is 5.98. The first kappa shape index (κ1) is 18.1. The molecule has 0 bridgehead atoms. The van der Waals surface area contributed by atoms with E-state index in [-0.39, 0.29) is 17.3 Å². The molecule has 128 valence electrons. The predicted octanol–water partition coefficient (Wildman–Crippen LogP) is 2.86. The zero-order chi connectivity index (χ0) is 17.7. The molecule has 2 aromatic rings. The molecule has 1 aromatic heterocycles. The fourth-order valence-electron chi connectivity index (χ4n) is 2.42. The Morgan fingerprint density at radius 2 is 1.79 bits per heavy atom. The number of carbonyl (C=O) groups is 1. The molecule has 0 unspecified atom stereocenters. The van der Waals surface area contributed by atoms with Crippen molar-refractivity contribution in [1.29, 1.82) is 0 Å². The number of carbonyl (C=O) groups excluding carboxylic acids is 1. The van der Waals surface area contributed by atoms with E-state index in [1.54, 1.807) is 30.5 Å². The molecule has 1 amide bonds. The normalized spacial score (nSPS) is 12.8. The van der Waals surface area contributed by atoms with Gasteiger partial charge in [0.05, 0.1) is 4.90 Å². The minimum atomic E-state index is -3.65. The molecule has 6 heteroatoms. The Balaban J connectivity index is 2.41. The van der Waals surface area contributed by atoms with E-state index in [1.165, 1.54) is 13.1 Å². The van der Waals surface area contributed by atoms with E-state index in [1.807, 2.05) is 12.1 Å². The molecule has 1 aromatic carbocycles. The topological polar surface area (TPSA) is 76.1 Å². The molecule has 2 rings (SSSR count). The molecule has 0 aliphatic carbocycles. The van der Waals surface area contributed by atoms with Gasteiger partial charge in [0.25, 0.3) is 0 Å². The van der Waals surface area contributed by atoms with Crippen molar-refractivity contribution < 1.29 is 13.2 Å².